The number of nitrogens with zero attached hydrogens (tertiary/aromatic N) is 2. The third-order valence-corrected chi connectivity index (χ3v) is 5.56. The zero-order chi connectivity index (χ0) is 19.7. The van der Waals surface area contributed by atoms with Gasteiger partial charge in [0.25, 0.3) is 5.56 Å². The molecule has 0 bridgehead atoms. The van der Waals surface area contributed by atoms with E-state index in [0.29, 0.717) is 20.9 Å². The second kappa shape index (κ2) is 7.58. The predicted octanol–water partition coefficient (Wildman–Crippen LogP) is 4.73. The lowest BCUT2D eigenvalue weighted by molar-refractivity contribution is -0.116. The van der Waals surface area contributed by atoms with E-state index in [1.807, 2.05) is 48.7 Å². The lowest BCUT2D eigenvalue weighted by atomic mass is 10.1. The van der Waals surface area contributed by atoms with Crippen molar-refractivity contribution in [1.82, 2.24) is 9.55 Å². The molecule has 2 heterocycles. The van der Waals surface area contributed by atoms with E-state index < -0.39 is 0 Å². The van der Waals surface area contributed by atoms with Crippen molar-refractivity contribution in [1.29, 1.82) is 0 Å². The monoisotopic (exact) mass is 409 g/mol. The topological polar surface area (TPSA) is 64.0 Å². The number of halogens is 1. The molecule has 140 valence electrons. The van der Waals surface area contributed by atoms with E-state index in [0.717, 1.165) is 16.7 Å². The van der Waals surface area contributed by atoms with E-state index in [9.17, 15) is 9.59 Å². The van der Waals surface area contributed by atoms with Crippen molar-refractivity contribution >= 4 is 44.7 Å². The molecule has 2 aromatic carbocycles. The highest BCUT2D eigenvalue weighted by Crippen LogP contribution is 2.31. The molecule has 5 nitrogen and oxygen atoms in total. The molecule has 1 N–H and O–H groups in total. The van der Waals surface area contributed by atoms with E-state index in [1.165, 1.54) is 22.2 Å². The van der Waals surface area contributed by atoms with Gasteiger partial charge in [-0.15, -0.1) is 11.3 Å². The largest absolute Gasteiger partial charge is 0.325 e. The number of amides is 1. The molecule has 0 aliphatic rings. The molecule has 4 aromatic rings. The second-order valence-electron chi connectivity index (χ2n) is 6.43. The van der Waals surface area contributed by atoms with Crippen molar-refractivity contribution in [2.75, 3.05) is 5.32 Å². The highest BCUT2D eigenvalue weighted by atomic mass is 35.5. The van der Waals surface area contributed by atoms with Gasteiger partial charge in [-0.2, -0.15) is 0 Å². The van der Waals surface area contributed by atoms with Gasteiger partial charge in [0.2, 0.25) is 5.91 Å². The Kier molecular flexibility index (Phi) is 4.98. The van der Waals surface area contributed by atoms with Gasteiger partial charge in [0.1, 0.15) is 11.2 Å². The number of carbonyl (C=O) groups is 1. The molecule has 0 saturated heterocycles. The van der Waals surface area contributed by atoms with Crippen LogP contribution in [0.2, 0.25) is 5.02 Å². The molecule has 0 aliphatic carbocycles. The average Bonchev–Trinajstić information content (AvgIpc) is 3.11. The molecule has 2 aromatic heterocycles. The maximum Gasteiger partial charge on any atom is 0.271 e. The Balaban J connectivity index is 1.60. The van der Waals surface area contributed by atoms with Crippen molar-refractivity contribution < 1.29 is 4.79 Å². The number of rotatable bonds is 4. The van der Waals surface area contributed by atoms with Crippen LogP contribution in [0, 0.1) is 6.92 Å². The first kappa shape index (κ1) is 18.4. The quantitative estimate of drug-likeness (QED) is 0.530. The first-order valence-corrected chi connectivity index (χ1v) is 9.86. The summed E-state index contributed by atoms with van der Waals surface area (Å²) in [6.45, 7) is 1.88. The number of fused-ring (bicyclic) bond motifs is 1. The molecule has 0 spiro atoms. The third kappa shape index (κ3) is 3.69. The summed E-state index contributed by atoms with van der Waals surface area (Å²) in [5.74, 6) is -0.276. The van der Waals surface area contributed by atoms with Crippen molar-refractivity contribution in [2.45, 2.75) is 13.5 Å². The molecule has 1 amide bonds. The fraction of sp³-hybridized carbons (Fsp3) is 0.0952. The van der Waals surface area contributed by atoms with Crippen molar-refractivity contribution in [3.63, 3.8) is 0 Å². The number of benzene rings is 2. The number of hydrogen-bond donors (Lipinski definition) is 1. The predicted molar refractivity (Wildman–Crippen MR) is 114 cm³/mol. The summed E-state index contributed by atoms with van der Waals surface area (Å²) in [6.07, 6.45) is 1.42. The van der Waals surface area contributed by atoms with Crippen LogP contribution in [0.25, 0.3) is 21.3 Å². The molecule has 4 rings (SSSR count). The molecule has 0 saturated carbocycles. The molecule has 0 radical (unpaired) electrons. The fourth-order valence-electron chi connectivity index (χ4n) is 2.88. The Bertz CT molecular complexity index is 1210. The van der Waals surface area contributed by atoms with Crippen LogP contribution in [0.3, 0.4) is 0 Å². The highest BCUT2D eigenvalue weighted by molar-refractivity contribution is 7.17. The number of aryl methyl sites for hydroxylation is 1. The Morgan fingerprint density at radius 3 is 2.57 bits per heavy atom. The fourth-order valence-corrected chi connectivity index (χ4v) is 3.98. The smallest absolute Gasteiger partial charge is 0.271 e. The van der Waals surface area contributed by atoms with Gasteiger partial charge in [-0.1, -0.05) is 41.4 Å². The van der Waals surface area contributed by atoms with E-state index in [2.05, 4.69) is 10.3 Å². The van der Waals surface area contributed by atoms with Gasteiger partial charge in [-0.25, -0.2) is 4.98 Å². The Morgan fingerprint density at radius 2 is 1.86 bits per heavy atom. The molecule has 28 heavy (non-hydrogen) atoms. The highest BCUT2D eigenvalue weighted by Gasteiger charge is 2.14. The first-order chi connectivity index (χ1) is 13.5. The summed E-state index contributed by atoms with van der Waals surface area (Å²) in [5, 5.41) is 5.35. The first-order valence-electron chi connectivity index (χ1n) is 8.60. The number of carbonyl (C=O) groups excluding carboxylic acids is 1. The third-order valence-electron chi connectivity index (χ3n) is 4.35. The zero-order valence-corrected chi connectivity index (χ0v) is 16.6. The molecule has 0 fully saturated rings. The molecule has 7 heteroatoms. The summed E-state index contributed by atoms with van der Waals surface area (Å²) in [4.78, 5) is 29.5. The summed E-state index contributed by atoms with van der Waals surface area (Å²) in [6, 6.07) is 14.9. The zero-order valence-electron chi connectivity index (χ0n) is 15.0. The van der Waals surface area contributed by atoms with Crippen LogP contribution in [-0.4, -0.2) is 15.5 Å². The minimum absolute atomic E-state index is 0.0934. The normalized spacial score (nSPS) is 10.9. The minimum atomic E-state index is -0.276. The van der Waals surface area contributed by atoms with Crippen LogP contribution in [-0.2, 0) is 11.3 Å². The summed E-state index contributed by atoms with van der Waals surface area (Å²) in [5.41, 5.74) is 4.03. The van der Waals surface area contributed by atoms with Gasteiger partial charge in [-0.05, 0) is 36.8 Å². The Morgan fingerprint density at radius 1 is 1.14 bits per heavy atom. The molecular formula is C21H16ClN3O2S. The Labute approximate surface area is 170 Å². The van der Waals surface area contributed by atoms with E-state index >= 15 is 0 Å². The minimum Gasteiger partial charge on any atom is -0.325 e. The van der Waals surface area contributed by atoms with Crippen LogP contribution in [0.1, 0.15) is 5.56 Å². The van der Waals surface area contributed by atoms with Gasteiger partial charge in [-0.3, -0.25) is 14.2 Å². The Hall–Kier alpha value is -2.96. The molecular weight excluding hydrogens is 394 g/mol. The number of hydrogen-bond acceptors (Lipinski definition) is 4. The van der Waals surface area contributed by atoms with Crippen LogP contribution in [0.15, 0.2) is 65.0 Å². The van der Waals surface area contributed by atoms with E-state index in [4.69, 9.17) is 11.6 Å². The maximum absolute atomic E-state index is 12.8. The lowest BCUT2D eigenvalue weighted by Crippen LogP contribution is -2.27. The number of aromatic nitrogens is 2. The second-order valence-corrected chi connectivity index (χ2v) is 7.74. The van der Waals surface area contributed by atoms with Gasteiger partial charge >= 0.3 is 0 Å². The molecule has 0 atom stereocenters. The average molecular weight is 410 g/mol. The van der Waals surface area contributed by atoms with Gasteiger partial charge in [0, 0.05) is 21.7 Å². The maximum atomic E-state index is 12.8. The lowest BCUT2D eigenvalue weighted by Gasteiger charge is -2.08. The molecule has 0 aliphatic heterocycles. The van der Waals surface area contributed by atoms with Crippen molar-refractivity contribution in [3.8, 4) is 11.1 Å². The van der Waals surface area contributed by atoms with E-state index in [1.54, 1.807) is 12.1 Å². The summed E-state index contributed by atoms with van der Waals surface area (Å²) < 4.78 is 1.85. The molecule has 0 unspecified atom stereocenters. The van der Waals surface area contributed by atoms with Crippen LogP contribution < -0.4 is 10.9 Å². The standard InChI is InChI=1S/C21H16ClN3O2S/c1-13-2-8-16(9-3-13)24-18(26)10-25-12-23-19-17(11-28-20(19)21(25)27)14-4-6-15(22)7-5-14/h2-9,11-12H,10H2,1H3,(H,24,26). The van der Waals surface area contributed by atoms with Gasteiger partial charge < -0.3 is 5.32 Å². The van der Waals surface area contributed by atoms with Crippen molar-refractivity contribution in [2.24, 2.45) is 0 Å². The van der Waals surface area contributed by atoms with Crippen molar-refractivity contribution in [3.05, 3.63) is 81.2 Å². The summed E-state index contributed by atoms with van der Waals surface area (Å²) in [7, 11) is 0. The SMILES string of the molecule is Cc1ccc(NC(=O)Cn2cnc3c(-c4ccc(Cl)cc4)csc3c2=O)cc1. The number of anilines is 1. The number of thiophene rings is 1. The van der Waals surface area contributed by atoms with Crippen LogP contribution in [0.4, 0.5) is 5.69 Å². The van der Waals surface area contributed by atoms with Crippen LogP contribution >= 0.6 is 22.9 Å². The number of nitrogens with one attached hydrogen (secondary N) is 1. The van der Waals surface area contributed by atoms with E-state index in [-0.39, 0.29) is 18.0 Å². The van der Waals surface area contributed by atoms with Gasteiger partial charge in [0.15, 0.2) is 0 Å². The van der Waals surface area contributed by atoms with Crippen LogP contribution in [0.5, 0.6) is 0 Å². The summed E-state index contributed by atoms with van der Waals surface area (Å²) >= 11 is 7.27. The van der Waals surface area contributed by atoms with Gasteiger partial charge in [0.05, 0.1) is 11.8 Å².